The Morgan fingerprint density at radius 2 is 1.94 bits per heavy atom. The van der Waals surface area contributed by atoms with E-state index in [0.717, 1.165) is 16.8 Å². The standard InChI is InChI=1S/C23H24ClFN2O4S/c24-18-1-4-20(5-2-18)32(30,31)27-10-8-15(13-23(28)29)17(14-27)12-22-21-6-3-19(25)11-16(21)7-9-26-22/h1-6,11,15,17H,7-10,12-14H2,(H,28,29). The highest BCUT2D eigenvalue weighted by Gasteiger charge is 2.37. The average molecular weight is 479 g/mol. The number of nitrogens with zero attached hydrogens (tertiary/aromatic N) is 2. The third kappa shape index (κ3) is 4.87. The first-order valence-electron chi connectivity index (χ1n) is 10.5. The van der Waals surface area contributed by atoms with Gasteiger partial charge in [0.15, 0.2) is 0 Å². The highest BCUT2D eigenvalue weighted by Crippen LogP contribution is 2.34. The van der Waals surface area contributed by atoms with E-state index in [1.807, 2.05) is 0 Å². The van der Waals surface area contributed by atoms with Crippen LogP contribution in [0.15, 0.2) is 52.4 Å². The minimum absolute atomic E-state index is 0.0247. The predicted octanol–water partition coefficient (Wildman–Crippen LogP) is 4.02. The summed E-state index contributed by atoms with van der Waals surface area (Å²) in [5.41, 5.74) is 2.54. The molecule has 0 amide bonds. The lowest BCUT2D eigenvalue weighted by molar-refractivity contribution is -0.138. The van der Waals surface area contributed by atoms with Crippen LogP contribution in [0, 0.1) is 17.7 Å². The topological polar surface area (TPSA) is 87.0 Å². The lowest BCUT2D eigenvalue weighted by atomic mass is 9.79. The Hall–Kier alpha value is -2.29. The van der Waals surface area contributed by atoms with Gasteiger partial charge in [0.2, 0.25) is 10.0 Å². The van der Waals surface area contributed by atoms with Crippen molar-refractivity contribution in [1.29, 1.82) is 0 Å². The van der Waals surface area contributed by atoms with Crippen LogP contribution in [0.1, 0.15) is 30.4 Å². The zero-order chi connectivity index (χ0) is 22.9. The Morgan fingerprint density at radius 3 is 2.66 bits per heavy atom. The number of fused-ring (bicyclic) bond motifs is 1. The van der Waals surface area contributed by atoms with E-state index in [9.17, 15) is 22.7 Å². The number of rotatable bonds is 6. The Bertz CT molecular complexity index is 1150. The van der Waals surface area contributed by atoms with Gasteiger partial charge in [0.1, 0.15) is 5.82 Å². The van der Waals surface area contributed by atoms with Gasteiger partial charge in [-0.1, -0.05) is 11.6 Å². The number of aliphatic carboxylic acids is 1. The lowest BCUT2D eigenvalue weighted by Crippen LogP contribution is -2.45. The smallest absolute Gasteiger partial charge is 0.303 e. The zero-order valence-corrected chi connectivity index (χ0v) is 18.9. The van der Waals surface area contributed by atoms with Crippen molar-refractivity contribution in [3.63, 3.8) is 0 Å². The maximum atomic E-state index is 13.7. The van der Waals surface area contributed by atoms with Gasteiger partial charge in [-0.25, -0.2) is 12.8 Å². The second kappa shape index (κ2) is 9.29. The van der Waals surface area contributed by atoms with Gasteiger partial charge in [0.05, 0.1) is 4.90 Å². The molecule has 1 N–H and O–H groups in total. The van der Waals surface area contributed by atoms with Crippen molar-refractivity contribution in [2.24, 2.45) is 16.8 Å². The van der Waals surface area contributed by atoms with Gasteiger partial charge in [0, 0.05) is 36.8 Å². The van der Waals surface area contributed by atoms with Gasteiger partial charge in [-0.15, -0.1) is 0 Å². The quantitative estimate of drug-likeness (QED) is 0.679. The highest BCUT2D eigenvalue weighted by atomic mass is 35.5. The molecule has 9 heteroatoms. The fourth-order valence-electron chi connectivity index (χ4n) is 4.62. The molecule has 2 atom stereocenters. The van der Waals surface area contributed by atoms with Crippen molar-refractivity contribution in [3.8, 4) is 0 Å². The Kier molecular flexibility index (Phi) is 6.65. The molecular formula is C23H24ClFN2O4S. The first-order valence-corrected chi connectivity index (χ1v) is 12.4. The van der Waals surface area contributed by atoms with Crippen LogP contribution in [-0.4, -0.2) is 49.1 Å². The van der Waals surface area contributed by atoms with Crippen LogP contribution in [0.4, 0.5) is 4.39 Å². The van der Waals surface area contributed by atoms with Crippen LogP contribution in [0.3, 0.4) is 0 Å². The van der Waals surface area contributed by atoms with Crippen LogP contribution >= 0.6 is 11.6 Å². The molecule has 0 aliphatic carbocycles. The molecule has 1 fully saturated rings. The number of benzene rings is 2. The first-order chi connectivity index (χ1) is 15.2. The fraction of sp³-hybridized carbons (Fsp3) is 0.391. The van der Waals surface area contributed by atoms with E-state index in [4.69, 9.17) is 11.6 Å². The summed E-state index contributed by atoms with van der Waals surface area (Å²) < 4.78 is 41.5. The summed E-state index contributed by atoms with van der Waals surface area (Å²) >= 11 is 5.90. The molecule has 1 saturated heterocycles. The number of carbonyl (C=O) groups is 1. The number of sulfonamides is 1. The summed E-state index contributed by atoms with van der Waals surface area (Å²) in [4.78, 5) is 16.2. The molecule has 0 spiro atoms. The van der Waals surface area contributed by atoms with Crippen LogP contribution < -0.4 is 0 Å². The minimum Gasteiger partial charge on any atom is -0.481 e. The third-order valence-electron chi connectivity index (χ3n) is 6.26. The first kappa shape index (κ1) is 22.9. The second-order valence-electron chi connectivity index (χ2n) is 8.31. The van der Waals surface area contributed by atoms with Crippen molar-refractivity contribution < 1.29 is 22.7 Å². The number of halogens is 2. The molecule has 0 bridgehead atoms. The van der Waals surface area contributed by atoms with Gasteiger partial charge < -0.3 is 5.11 Å². The predicted molar refractivity (Wildman–Crippen MR) is 120 cm³/mol. The van der Waals surface area contributed by atoms with E-state index >= 15 is 0 Å². The summed E-state index contributed by atoms with van der Waals surface area (Å²) in [6.07, 6.45) is 1.52. The van der Waals surface area contributed by atoms with E-state index in [-0.39, 0.29) is 42.1 Å². The van der Waals surface area contributed by atoms with Crippen molar-refractivity contribution in [3.05, 3.63) is 64.4 Å². The molecule has 0 saturated carbocycles. The molecule has 0 aromatic heterocycles. The fourth-order valence-corrected chi connectivity index (χ4v) is 6.25. The van der Waals surface area contributed by atoms with Gasteiger partial charge in [0.25, 0.3) is 0 Å². The molecule has 2 heterocycles. The summed E-state index contributed by atoms with van der Waals surface area (Å²) in [6.45, 7) is 1.00. The molecule has 170 valence electrons. The van der Waals surface area contributed by atoms with Crippen molar-refractivity contribution in [1.82, 2.24) is 4.31 Å². The maximum absolute atomic E-state index is 13.7. The lowest BCUT2D eigenvalue weighted by Gasteiger charge is -2.38. The molecule has 4 rings (SSSR count). The number of piperidine rings is 1. The van der Waals surface area contributed by atoms with Crippen molar-refractivity contribution in [2.45, 2.75) is 30.6 Å². The van der Waals surface area contributed by atoms with E-state index in [1.54, 1.807) is 6.07 Å². The second-order valence-corrected chi connectivity index (χ2v) is 10.7. The van der Waals surface area contributed by atoms with Crippen LogP contribution in [0.25, 0.3) is 0 Å². The molecule has 2 aliphatic rings. The highest BCUT2D eigenvalue weighted by molar-refractivity contribution is 7.89. The van der Waals surface area contributed by atoms with Crippen LogP contribution in [0.5, 0.6) is 0 Å². The molecular weight excluding hydrogens is 455 g/mol. The normalized spacial score (nSPS) is 21.6. The third-order valence-corrected chi connectivity index (χ3v) is 8.39. The Labute approximate surface area is 191 Å². The SMILES string of the molecule is O=C(O)CC1CCN(S(=O)(=O)c2ccc(Cl)cc2)CC1CC1=NCCc2cc(F)ccc21. The Balaban J connectivity index is 1.60. The Morgan fingerprint density at radius 1 is 1.19 bits per heavy atom. The summed E-state index contributed by atoms with van der Waals surface area (Å²) in [7, 11) is -3.73. The van der Waals surface area contributed by atoms with Crippen molar-refractivity contribution >= 4 is 33.3 Å². The van der Waals surface area contributed by atoms with E-state index < -0.39 is 16.0 Å². The van der Waals surface area contributed by atoms with Crippen LogP contribution in [0.2, 0.25) is 5.02 Å². The largest absolute Gasteiger partial charge is 0.481 e. The van der Waals surface area contributed by atoms with Crippen molar-refractivity contribution in [2.75, 3.05) is 19.6 Å². The monoisotopic (exact) mass is 478 g/mol. The van der Waals surface area contributed by atoms with Gasteiger partial charge >= 0.3 is 5.97 Å². The van der Waals surface area contributed by atoms with Gasteiger partial charge in [-0.05, 0) is 84.7 Å². The molecule has 2 aromatic rings. The van der Waals surface area contributed by atoms with E-state index in [2.05, 4.69) is 4.99 Å². The molecule has 2 unspecified atom stereocenters. The summed E-state index contributed by atoms with van der Waals surface area (Å²) in [5, 5.41) is 9.84. The van der Waals surface area contributed by atoms with Gasteiger partial charge in [-0.3, -0.25) is 9.79 Å². The van der Waals surface area contributed by atoms with Gasteiger partial charge in [-0.2, -0.15) is 4.31 Å². The minimum atomic E-state index is -3.73. The molecule has 32 heavy (non-hydrogen) atoms. The molecule has 0 radical (unpaired) electrons. The molecule has 2 aliphatic heterocycles. The average Bonchev–Trinajstić information content (AvgIpc) is 2.74. The van der Waals surface area contributed by atoms with Crippen LogP contribution in [-0.2, 0) is 21.2 Å². The molecule has 6 nitrogen and oxygen atoms in total. The van der Waals surface area contributed by atoms with E-state index in [0.29, 0.717) is 30.8 Å². The maximum Gasteiger partial charge on any atom is 0.303 e. The summed E-state index contributed by atoms with van der Waals surface area (Å²) in [6, 6.07) is 10.6. The summed E-state index contributed by atoms with van der Waals surface area (Å²) in [5.74, 6) is -1.58. The number of carboxylic acids is 1. The zero-order valence-electron chi connectivity index (χ0n) is 17.4. The van der Waals surface area contributed by atoms with E-state index in [1.165, 1.54) is 40.7 Å². The number of aliphatic imine (C=N–C) groups is 1. The molecule has 2 aromatic carbocycles. The number of carboxylic acid groups (broad SMARTS) is 1. The number of hydrogen-bond acceptors (Lipinski definition) is 4. The number of hydrogen-bond donors (Lipinski definition) is 1.